The lowest BCUT2D eigenvalue weighted by atomic mass is 9.78. The number of hydrogen-bond donors (Lipinski definition) is 1. The van der Waals surface area contributed by atoms with E-state index in [1.54, 1.807) is 12.3 Å². The minimum atomic E-state index is -0.0254. The second-order valence-corrected chi connectivity index (χ2v) is 6.12. The van der Waals surface area contributed by atoms with Crippen molar-refractivity contribution in [1.29, 1.82) is 0 Å². The molecule has 1 aromatic rings. The molecule has 0 aliphatic heterocycles. The second kappa shape index (κ2) is 7.38. The number of aromatic nitrogens is 2. The van der Waals surface area contributed by atoms with Crippen LogP contribution in [0.5, 0.6) is 0 Å². The summed E-state index contributed by atoms with van der Waals surface area (Å²) in [6.07, 6.45) is 8.13. The fourth-order valence-corrected chi connectivity index (χ4v) is 3.11. The highest BCUT2D eigenvalue weighted by atomic mass is 16.2. The first-order valence-corrected chi connectivity index (χ1v) is 7.90. The summed E-state index contributed by atoms with van der Waals surface area (Å²) < 4.78 is 1.50. The average molecular weight is 293 g/mol. The van der Waals surface area contributed by atoms with Gasteiger partial charge >= 0.3 is 0 Å². The molecule has 0 radical (unpaired) electrons. The molecule has 1 unspecified atom stereocenters. The number of rotatable bonds is 6. The maximum atomic E-state index is 12.0. The number of carbonyl (C=O) groups is 2. The average Bonchev–Trinajstić information content (AvgIpc) is 2.94. The van der Waals surface area contributed by atoms with Crippen LogP contribution in [-0.2, 0) is 11.3 Å². The van der Waals surface area contributed by atoms with Crippen molar-refractivity contribution in [2.24, 2.45) is 11.8 Å². The van der Waals surface area contributed by atoms with E-state index < -0.39 is 0 Å². The van der Waals surface area contributed by atoms with E-state index in [0.717, 1.165) is 24.7 Å². The van der Waals surface area contributed by atoms with Crippen LogP contribution < -0.4 is 5.32 Å². The van der Waals surface area contributed by atoms with E-state index in [1.165, 1.54) is 23.9 Å². The predicted octanol–water partition coefficient (Wildman–Crippen LogP) is 2.66. The van der Waals surface area contributed by atoms with Gasteiger partial charge in [0.05, 0.1) is 0 Å². The molecule has 0 saturated heterocycles. The van der Waals surface area contributed by atoms with E-state index in [-0.39, 0.29) is 13.9 Å². The second-order valence-electron chi connectivity index (χ2n) is 6.12. The minimum absolute atomic E-state index is 0. The third kappa shape index (κ3) is 4.41. The zero-order chi connectivity index (χ0) is 15.2. The van der Waals surface area contributed by atoms with Gasteiger partial charge in [-0.1, -0.05) is 20.3 Å². The molecule has 1 N–H and O–H groups in total. The Hall–Kier alpha value is -1.65. The van der Waals surface area contributed by atoms with Crippen LogP contribution in [0.3, 0.4) is 0 Å². The molecule has 0 bridgehead atoms. The van der Waals surface area contributed by atoms with Crippen molar-refractivity contribution in [3.05, 3.63) is 18.0 Å². The maximum Gasteiger partial charge on any atom is 0.241 e. The van der Waals surface area contributed by atoms with Gasteiger partial charge < -0.3 is 5.32 Å². The highest BCUT2D eigenvalue weighted by molar-refractivity contribution is 5.76. The van der Waals surface area contributed by atoms with E-state index in [0.29, 0.717) is 18.0 Å². The van der Waals surface area contributed by atoms with Crippen LogP contribution in [0.1, 0.15) is 57.9 Å². The highest BCUT2D eigenvalue weighted by Crippen LogP contribution is 2.31. The Kier molecular flexibility index (Phi) is 5.53. The van der Waals surface area contributed by atoms with E-state index in [9.17, 15) is 9.59 Å². The summed E-state index contributed by atoms with van der Waals surface area (Å²) in [6.45, 7) is 4.75. The fraction of sp³-hybridized carbons (Fsp3) is 0.688. The van der Waals surface area contributed by atoms with Crippen molar-refractivity contribution in [2.75, 3.05) is 0 Å². The Morgan fingerprint density at radius 1 is 1.52 bits per heavy atom. The SMILES string of the molecule is CCC(C)C1CCC(NC(=O)Cn2ccc(C=O)n2)CC1.[HH]. The van der Waals surface area contributed by atoms with Gasteiger partial charge in [0.1, 0.15) is 12.2 Å². The summed E-state index contributed by atoms with van der Waals surface area (Å²) in [7, 11) is 0. The van der Waals surface area contributed by atoms with Crippen molar-refractivity contribution in [1.82, 2.24) is 15.1 Å². The lowest BCUT2D eigenvalue weighted by Gasteiger charge is -2.32. The monoisotopic (exact) mass is 293 g/mol. The van der Waals surface area contributed by atoms with E-state index in [1.807, 2.05) is 0 Å². The van der Waals surface area contributed by atoms with Gasteiger partial charge in [-0.25, -0.2) is 0 Å². The van der Waals surface area contributed by atoms with Crippen molar-refractivity contribution >= 4 is 12.2 Å². The number of amides is 1. The Morgan fingerprint density at radius 3 is 2.81 bits per heavy atom. The van der Waals surface area contributed by atoms with Crippen LogP contribution in [0, 0.1) is 11.8 Å². The van der Waals surface area contributed by atoms with Gasteiger partial charge in [-0.2, -0.15) is 5.10 Å². The number of hydrogen-bond acceptors (Lipinski definition) is 3. The van der Waals surface area contributed by atoms with Crippen molar-refractivity contribution in [2.45, 2.75) is 58.5 Å². The van der Waals surface area contributed by atoms with Gasteiger partial charge in [-0.05, 0) is 43.6 Å². The first-order chi connectivity index (χ1) is 10.1. The molecule has 0 aromatic carbocycles. The molecule has 118 valence electrons. The molecule has 1 aliphatic carbocycles. The summed E-state index contributed by atoms with van der Waals surface area (Å²) >= 11 is 0. The molecule has 0 spiro atoms. The van der Waals surface area contributed by atoms with Crippen molar-refractivity contribution < 1.29 is 11.0 Å². The van der Waals surface area contributed by atoms with Gasteiger partial charge in [0, 0.05) is 13.7 Å². The maximum absolute atomic E-state index is 12.0. The minimum Gasteiger partial charge on any atom is -0.352 e. The third-order valence-electron chi connectivity index (χ3n) is 4.67. The van der Waals surface area contributed by atoms with Crippen LogP contribution in [0.15, 0.2) is 12.3 Å². The van der Waals surface area contributed by atoms with Crippen LogP contribution in [0.4, 0.5) is 0 Å². The van der Waals surface area contributed by atoms with E-state index in [4.69, 9.17) is 0 Å². The molecule has 5 nitrogen and oxygen atoms in total. The molecule has 1 fully saturated rings. The lowest BCUT2D eigenvalue weighted by molar-refractivity contribution is -0.122. The Labute approximate surface area is 127 Å². The summed E-state index contributed by atoms with van der Waals surface area (Å²) in [6, 6.07) is 1.90. The van der Waals surface area contributed by atoms with Crippen molar-refractivity contribution in [3.8, 4) is 0 Å². The molecular formula is C16H27N3O2. The smallest absolute Gasteiger partial charge is 0.241 e. The molecule has 1 atom stereocenters. The molecule has 1 amide bonds. The Balaban J connectivity index is 0.00000242. The van der Waals surface area contributed by atoms with Gasteiger partial charge in [-0.15, -0.1) is 0 Å². The van der Waals surface area contributed by atoms with Gasteiger partial charge in [0.2, 0.25) is 5.91 Å². The summed E-state index contributed by atoms with van der Waals surface area (Å²) in [5.41, 5.74) is 0.358. The van der Waals surface area contributed by atoms with Crippen LogP contribution in [-0.4, -0.2) is 28.0 Å². The number of nitrogens with zero attached hydrogens (tertiary/aromatic N) is 2. The van der Waals surface area contributed by atoms with E-state index in [2.05, 4.69) is 24.3 Å². The molecule has 1 aliphatic rings. The molecular weight excluding hydrogens is 266 g/mol. The lowest BCUT2D eigenvalue weighted by Crippen LogP contribution is -2.40. The van der Waals surface area contributed by atoms with Gasteiger partial charge in [0.25, 0.3) is 0 Å². The molecule has 1 saturated carbocycles. The zero-order valence-corrected chi connectivity index (χ0v) is 12.9. The fourth-order valence-electron chi connectivity index (χ4n) is 3.11. The summed E-state index contributed by atoms with van der Waals surface area (Å²) in [4.78, 5) is 22.5. The summed E-state index contributed by atoms with van der Waals surface area (Å²) in [5, 5.41) is 7.08. The van der Waals surface area contributed by atoms with Crippen LogP contribution >= 0.6 is 0 Å². The third-order valence-corrected chi connectivity index (χ3v) is 4.67. The zero-order valence-electron chi connectivity index (χ0n) is 12.9. The molecule has 1 heterocycles. The topological polar surface area (TPSA) is 64.0 Å². The van der Waals surface area contributed by atoms with E-state index >= 15 is 0 Å². The first-order valence-electron chi connectivity index (χ1n) is 7.90. The molecule has 2 rings (SSSR count). The molecule has 1 aromatic heterocycles. The standard InChI is InChI=1S/C16H25N3O2.H2/c1-3-12(2)13-4-6-14(7-5-13)17-16(21)10-19-9-8-15(11-20)18-19;/h8-9,11-14H,3-7,10H2,1-2H3,(H,17,21);1H. The Bertz CT molecular complexity index is 481. The quantitative estimate of drug-likeness (QED) is 0.820. The van der Waals surface area contributed by atoms with Gasteiger partial charge in [-0.3, -0.25) is 14.3 Å². The number of aldehydes is 1. The summed E-state index contributed by atoms with van der Waals surface area (Å²) in [5.74, 6) is 1.57. The van der Waals surface area contributed by atoms with Gasteiger partial charge in [0.15, 0.2) is 6.29 Å². The Morgan fingerprint density at radius 2 is 2.24 bits per heavy atom. The number of nitrogens with one attached hydrogen (secondary N) is 1. The molecule has 5 heteroatoms. The number of carbonyl (C=O) groups excluding carboxylic acids is 2. The van der Waals surface area contributed by atoms with Crippen LogP contribution in [0.25, 0.3) is 0 Å². The first kappa shape index (κ1) is 15.7. The molecule has 21 heavy (non-hydrogen) atoms. The van der Waals surface area contributed by atoms with Crippen LogP contribution in [0.2, 0.25) is 0 Å². The predicted molar refractivity (Wildman–Crippen MR) is 83.1 cm³/mol. The largest absolute Gasteiger partial charge is 0.352 e. The van der Waals surface area contributed by atoms with Crippen molar-refractivity contribution in [3.63, 3.8) is 0 Å². The normalized spacial score (nSPS) is 23.5. The highest BCUT2D eigenvalue weighted by Gasteiger charge is 2.25.